The minimum Gasteiger partial charge on any atom is -0.494 e. The van der Waals surface area contributed by atoms with E-state index < -0.39 is 0 Å². The maximum absolute atomic E-state index is 13.6. The largest absolute Gasteiger partial charge is 0.494 e. The zero-order valence-electron chi connectivity index (χ0n) is 13.7. The Hall–Kier alpha value is -1.62. The lowest BCUT2D eigenvalue weighted by atomic mass is 9.86. The highest BCUT2D eigenvalue weighted by Crippen LogP contribution is 2.23. The normalized spacial score (nSPS) is 21.0. The number of aliphatic hydroxyl groups excluding tert-OH is 1. The van der Waals surface area contributed by atoms with Crippen molar-refractivity contribution in [3.05, 3.63) is 29.6 Å². The van der Waals surface area contributed by atoms with Crippen LogP contribution < -0.4 is 10.1 Å². The number of benzene rings is 1. The molecule has 2 N–H and O–H groups in total. The fraction of sp³-hybridized carbons (Fsp3) is 0.611. The summed E-state index contributed by atoms with van der Waals surface area (Å²) in [5.41, 5.74) is 0.860. The van der Waals surface area contributed by atoms with Gasteiger partial charge in [-0.15, -0.1) is 0 Å². The number of amides is 1. The van der Waals surface area contributed by atoms with Crippen LogP contribution in [0.3, 0.4) is 0 Å². The van der Waals surface area contributed by atoms with Crippen LogP contribution in [0, 0.1) is 11.7 Å². The van der Waals surface area contributed by atoms with Crippen LogP contribution in [0.2, 0.25) is 0 Å². The van der Waals surface area contributed by atoms with Crippen LogP contribution in [-0.2, 0) is 11.2 Å². The van der Waals surface area contributed by atoms with Crippen molar-refractivity contribution in [2.24, 2.45) is 5.92 Å². The molecule has 1 amide bonds. The van der Waals surface area contributed by atoms with Gasteiger partial charge in [0.15, 0.2) is 11.6 Å². The Morgan fingerprint density at radius 2 is 2.17 bits per heavy atom. The van der Waals surface area contributed by atoms with Gasteiger partial charge in [0.25, 0.3) is 0 Å². The van der Waals surface area contributed by atoms with Gasteiger partial charge in [0.1, 0.15) is 0 Å². The van der Waals surface area contributed by atoms with Crippen molar-refractivity contribution >= 4 is 5.91 Å². The quantitative estimate of drug-likeness (QED) is 0.811. The molecule has 1 aliphatic carbocycles. The average molecular weight is 323 g/mol. The van der Waals surface area contributed by atoms with Gasteiger partial charge in [-0.25, -0.2) is 4.39 Å². The molecule has 0 bridgehead atoms. The van der Waals surface area contributed by atoms with Gasteiger partial charge in [-0.1, -0.05) is 18.9 Å². The van der Waals surface area contributed by atoms with Gasteiger partial charge in [0, 0.05) is 18.9 Å². The standard InChI is InChI=1S/C18H26FNO3/c1-23-17-10-9-13(11-15(17)19)5-4-8-18(22)20-12-14-6-2-3-7-16(14)21/h9-11,14,16,21H,2-8,12H2,1H3,(H,20,22)/t14-,16+/m1/s1. The van der Waals surface area contributed by atoms with E-state index in [9.17, 15) is 14.3 Å². The van der Waals surface area contributed by atoms with E-state index in [0.717, 1.165) is 31.2 Å². The Morgan fingerprint density at radius 1 is 1.39 bits per heavy atom. The molecule has 1 saturated carbocycles. The van der Waals surface area contributed by atoms with Crippen LogP contribution in [0.1, 0.15) is 44.1 Å². The summed E-state index contributed by atoms with van der Waals surface area (Å²) in [4.78, 5) is 11.9. The van der Waals surface area contributed by atoms with Gasteiger partial charge in [-0.05, 0) is 43.4 Å². The SMILES string of the molecule is COc1ccc(CCCC(=O)NC[C@H]2CCCC[C@@H]2O)cc1F. The molecule has 128 valence electrons. The van der Waals surface area contributed by atoms with Crippen molar-refractivity contribution in [2.75, 3.05) is 13.7 Å². The van der Waals surface area contributed by atoms with E-state index in [2.05, 4.69) is 5.32 Å². The second kappa shape index (κ2) is 8.87. The average Bonchev–Trinajstić information content (AvgIpc) is 2.54. The number of rotatable bonds is 7. The number of hydrogen-bond acceptors (Lipinski definition) is 3. The highest BCUT2D eigenvalue weighted by molar-refractivity contribution is 5.75. The summed E-state index contributed by atoms with van der Waals surface area (Å²) in [5, 5.41) is 12.8. The van der Waals surface area contributed by atoms with E-state index in [1.54, 1.807) is 6.07 Å². The van der Waals surface area contributed by atoms with Crippen LogP contribution in [0.25, 0.3) is 0 Å². The van der Waals surface area contributed by atoms with Crippen LogP contribution in [0.5, 0.6) is 5.75 Å². The lowest BCUT2D eigenvalue weighted by molar-refractivity contribution is -0.121. The lowest BCUT2D eigenvalue weighted by Crippen LogP contribution is -2.36. The number of carbonyl (C=O) groups excluding carboxylic acids is 1. The van der Waals surface area contributed by atoms with Crippen molar-refractivity contribution in [1.82, 2.24) is 5.32 Å². The summed E-state index contributed by atoms with van der Waals surface area (Å²) >= 11 is 0. The summed E-state index contributed by atoms with van der Waals surface area (Å²) in [7, 11) is 1.44. The molecular formula is C18H26FNO3. The summed E-state index contributed by atoms with van der Waals surface area (Å²) in [6.07, 6.45) is 5.47. The molecule has 0 aromatic heterocycles. The summed E-state index contributed by atoms with van der Waals surface area (Å²) in [6, 6.07) is 4.88. The highest BCUT2D eigenvalue weighted by Gasteiger charge is 2.23. The zero-order valence-corrected chi connectivity index (χ0v) is 13.7. The molecule has 0 saturated heterocycles. The summed E-state index contributed by atoms with van der Waals surface area (Å²) in [6.45, 7) is 0.553. The van der Waals surface area contributed by atoms with Gasteiger partial charge < -0.3 is 15.2 Å². The molecule has 23 heavy (non-hydrogen) atoms. The lowest BCUT2D eigenvalue weighted by Gasteiger charge is -2.27. The van der Waals surface area contributed by atoms with E-state index >= 15 is 0 Å². The number of aryl methyl sites for hydroxylation is 1. The maximum atomic E-state index is 13.6. The van der Waals surface area contributed by atoms with E-state index in [-0.39, 0.29) is 29.5 Å². The predicted octanol–water partition coefficient (Wildman–Crippen LogP) is 2.82. The fourth-order valence-electron chi connectivity index (χ4n) is 3.08. The van der Waals surface area contributed by atoms with E-state index in [1.165, 1.54) is 13.2 Å². The number of halogens is 1. The van der Waals surface area contributed by atoms with Crippen molar-refractivity contribution in [3.8, 4) is 5.75 Å². The Bertz CT molecular complexity index is 521. The minimum atomic E-state index is -0.374. The summed E-state index contributed by atoms with van der Waals surface area (Å²) in [5.74, 6) is 0.0402. The monoisotopic (exact) mass is 323 g/mol. The summed E-state index contributed by atoms with van der Waals surface area (Å²) < 4.78 is 18.5. The number of aliphatic hydroxyl groups is 1. The van der Waals surface area contributed by atoms with Gasteiger partial charge in [0.05, 0.1) is 13.2 Å². The number of hydrogen-bond donors (Lipinski definition) is 2. The molecule has 2 atom stereocenters. The van der Waals surface area contributed by atoms with Crippen molar-refractivity contribution in [2.45, 2.75) is 51.0 Å². The molecular weight excluding hydrogens is 297 g/mol. The third kappa shape index (κ3) is 5.50. The molecule has 0 aliphatic heterocycles. The number of nitrogens with one attached hydrogen (secondary N) is 1. The van der Waals surface area contributed by atoms with Crippen molar-refractivity contribution < 1.29 is 19.0 Å². The third-order valence-corrected chi connectivity index (χ3v) is 4.52. The number of methoxy groups -OCH3 is 1. The zero-order chi connectivity index (χ0) is 16.7. The van der Waals surface area contributed by atoms with Crippen molar-refractivity contribution in [3.63, 3.8) is 0 Å². The first-order chi connectivity index (χ1) is 11.1. The fourth-order valence-corrected chi connectivity index (χ4v) is 3.08. The first kappa shape index (κ1) is 17.7. The van der Waals surface area contributed by atoms with Crippen molar-refractivity contribution in [1.29, 1.82) is 0 Å². The first-order valence-electron chi connectivity index (χ1n) is 8.37. The Kier molecular flexibility index (Phi) is 6.84. The molecule has 0 heterocycles. The van der Waals surface area contributed by atoms with Crippen LogP contribution in [0.4, 0.5) is 4.39 Å². The molecule has 1 aromatic rings. The molecule has 0 radical (unpaired) electrons. The highest BCUT2D eigenvalue weighted by atomic mass is 19.1. The predicted molar refractivity (Wildman–Crippen MR) is 86.9 cm³/mol. The van der Waals surface area contributed by atoms with E-state index in [1.807, 2.05) is 6.07 Å². The Morgan fingerprint density at radius 3 is 2.87 bits per heavy atom. The van der Waals surface area contributed by atoms with E-state index in [0.29, 0.717) is 25.8 Å². The molecule has 1 aromatic carbocycles. The third-order valence-electron chi connectivity index (χ3n) is 4.52. The molecule has 2 rings (SSSR count). The van der Waals surface area contributed by atoms with Gasteiger partial charge in [-0.2, -0.15) is 0 Å². The van der Waals surface area contributed by atoms with Crippen LogP contribution in [0.15, 0.2) is 18.2 Å². The maximum Gasteiger partial charge on any atom is 0.220 e. The smallest absolute Gasteiger partial charge is 0.220 e. The molecule has 0 spiro atoms. The van der Waals surface area contributed by atoms with Gasteiger partial charge in [-0.3, -0.25) is 4.79 Å². The Balaban J connectivity index is 1.67. The second-order valence-corrected chi connectivity index (χ2v) is 6.24. The molecule has 1 fully saturated rings. The topological polar surface area (TPSA) is 58.6 Å². The Labute approximate surface area is 137 Å². The first-order valence-corrected chi connectivity index (χ1v) is 8.37. The van der Waals surface area contributed by atoms with Crippen LogP contribution in [-0.4, -0.2) is 30.8 Å². The number of carbonyl (C=O) groups is 1. The minimum absolute atomic E-state index is 0.00300. The van der Waals surface area contributed by atoms with Crippen LogP contribution >= 0.6 is 0 Å². The second-order valence-electron chi connectivity index (χ2n) is 6.24. The molecule has 5 heteroatoms. The van der Waals surface area contributed by atoms with Gasteiger partial charge in [0.2, 0.25) is 5.91 Å². The number of ether oxygens (including phenoxy) is 1. The molecule has 1 aliphatic rings. The molecule has 0 unspecified atom stereocenters. The van der Waals surface area contributed by atoms with Gasteiger partial charge >= 0.3 is 0 Å². The molecule has 4 nitrogen and oxygen atoms in total. The van der Waals surface area contributed by atoms with E-state index in [4.69, 9.17) is 4.74 Å².